The monoisotopic (exact) mass is 254 g/mol. The molecule has 0 bridgehead atoms. The summed E-state index contributed by atoms with van der Waals surface area (Å²) in [5, 5.41) is 18.5. The molecule has 19 heavy (non-hydrogen) atoms. The molecule has 0 fully saturated rings. The van der Waals surface area contributed by atoms with Crippen molar-refractivity contribution in [2.75, 3.05) is 0 Å². The Kier molecular flexibility index (Phi) is 3.66. The lowest BCUT2D eigenvalue weighted by Gasteiger charge is -2.04. The summed E-state index contributed by atoms with van der Waals surface area (Å²) in [4.78, 5) is 11.3. The van der Waals surface area contributed by atoms with Crippen LogP contribution in [0.3, 0.4) is 0 Å². The summed E-state index contributed by atoms with van der Waals surface area (Å²) in [5.74, 6) is -0.880. The van der Waals surface area contributed by atoms with E-state index in [-0.39, 0.29) is 11.3 Å². The fourth-order valence-corrected chi connectivity index (χ4v) is 1.74. The van der Waals surface area contributed by atoms with Gasteiger partial charge in [0, 0.05) is 0 Å². The van der Waals surface area contributed by atoms with E-state index in [1.807, 2.05) is 31.2 Å². The molecule has 0 aliphatic carbocycles. The van der Waals surface area contributed by atoms with Gasteiger partial charge in [0.05, 0.1) is 5.57 Å². The summed E-state index contributed by atoms with van der Waals surface area (Å²) in [7, 11) is 0. The van der Waals surface area contributed by atoms with Gasteiger partial charge in [-0.05, 0) is 36.3 Å². The van der Waals surface area contributed by atoms with Crippen LogP contribution in [0.25, 0.3) is 11.6 Å². The molecule has 0 unspecified atom stereocenters. The Morgan fingerprint density at radius 3 is 2.11 bits per heavy atom. The second kappa shape index (κ2) is 5.40. The molecule has 0 aliphatic rings. The van der Waals surface area contributed by atoms with Crippen molar-refractivity contribution in [3.63, 3.8) is 0 Å². The lowest BCUT2D eigenvalue weighted by molar-refractivity contribution is -0.130. The number of aliphatic carboxylic acids is 1. The van der Waals surface area contributed by atoms with Gasteiger partial charge in [0.25, 0.3) is 0 Å². The Bertz CT molecular complexity index is 607. The van der Waals surface area contributed by atoms with E-state index in [9.17, 15) is 15.0 Å². The SMILES string of the molecule is Cc1ccc(/C=C(/C(=O)O)c2ccc(O)cc2)cc1. The molecular weight excluding hydrogens is 240 g/mol. The maximum Gasteiger partial charge on any atom is 0.336 e. The molecule has 0 aliphatic heterocycles. The number of carboxylic acid groups (broad SMARTS) is 1. The van der Waals surface area contributed by atoms with Crippen molar-refractivity contribution in [1.29, 1.82) is 0 Å². The Morgan fingerprint density at radius 2 is 1.58 bits per heavy atom. The molecule has 0 atom stereocenters. The number of carboxylic acids is 1. The van der Waals surface area contributed by atoms with Crippen LogP contribution in [-0.2, 0) is 4.79 Å². The minimum atomic E-state index is -0.994. The zero-order valence-electron chi connectivity index (χ0n) is 10.5. The van der Waals surface area contributed by atoms with Gasteiger partial charge < -0.3 is 10.2 Å². The van der Waals surface area contributed by atoms with Crippen LogP contribution in [0.2, 0.25) is 0 Å². The van der Waals surface area contributed by atoms with Gasteiger partial charge >= 0.3 is 5.97 Å². The molecule has 96 valence electrons. The lowest BCUT2D eigenvalue weighted by atomic mass is 10.0. The topological polar surface area (TPSA) is 57.5 Å². The Morgan fingerprint density at radius 1 is 1.00 bits per heavy atom. The van der Waals surface area contributed by atoms with Gasteiger partial charge in [0.2, 0.25) is 0 Å². The van der Waals surface area contributed by atoms with E-state index in [0.717, 1.165) is 11.1 Å². The van der Waals surface area contributed by atoms with Crippen molar-refractivity contribution >= 4 is 17.6 Å². The number of phenolic OH excluding ortho intramolecular Hbond substituents is 1. The van der Waals surface area contributed by atoms with Crippen LogP contribution in [0.5, 0.6) is 5.75 Å². The van der Waals surface area contributed by atoms with Crippen molar-refractivity contribution in [2.24, 2.45) is 0 Å². The minimum Gasteiger partial charge on any atom is -0.508 e. The maximum absolute atomic E-state index is 11.3. The largest absolute Gasteiger partial charge is 0.508 e. The normalized spacial score (nSPS) is 11.3. The molecule has 0 saturated carbocycles. The number of carbonyl (C=O) groups is 1. The summed E-state index contributed by atoms with van der Waals surface area (Å²) in [6.45, 7) is 1.98. The van der Waals surface area contributed by atoms with Gasteiger partial charge in [-0.3, -0.25) is 0 Å². The van der Waals surface area contributed by atoms with Crippen molar-refractivity contribution in [3.05, 3.63) is 65.2 Å². The van der Waals surface area contributed by atoms with Crippen molar-refractivity contribution in [2.45, 2.75) is 6.92 Å². The van der Waals surface area contributed by atoms with Gasteiger partial charge in [-0.25, -0.2) is 4.79 Å². The van der Waals surface area contributed by atoms with E-state index in [2.05, 4.69) is 0 Å². The van der Waals surface area contributed by atoms with E-state index in [1.54, 1.807) is 18.2 Å². The third-order valence-electron chi connectivity index (χ3n) is 2.80. The van der Waals surface area contributed by atoms with Crippen molar-refractivity contribution < 1.29 is 15.0 Å². The van der Waals surface area contributed by atoms with Gasteiger partial charge in [-0.1, -0.05) is 42.0 Å². The smallest absolute Gasteiger partial charge is 0.336 e. The standard InChI is InChI=1S/C16H14O3/c1-11-2-4-12(5-3-11)10-15(16(18)19)13-6-8-14(17)9-7-13/h2-10,17H,1H3,(H,18,19)/b15-10+. The molecule has 0 heterocycles. The molecule has 0 radical (unpaired) electrons. The number of benzene rings is 2. The van der Waals surface area contributed by atoms with Gasteiger partial charge in [0.15, 0.2) is 0 Å². The molecule has 2 aromatic rings. The van der Waals surface area contributed by atoms with E-state index in [1.165, 1.54) is 12.1 Å². The second-order valence-corrected chi connectivity index (χ2v) is 4.32. The highest BCUT2D eigenvalue weighted by atomic mass is 16.4. The van der Waals surface area contributed by atoms with Crippen LogP contribution in [0, 0.1) is 6.92 Å². The molecular formula is C16H14O3. The van der Waals surface area contributed by atoms with Crippen LogP contribution in [0.4, 0.5) is 0 Å². The van der Waals surface area contributed by atoms with E-state index >= 15 is 0 Å². The highest BCUT2D eigenvalue weighted by molar-refractivity contribution is 6.20. The lowest BCUT2D eigenvalue weighted by Crippen LogP contribution is -1.99. The Labute approximate surface area is 111 Å². The summed E-state index contributed by atoms with van der Waals surface area (Å²) < 4.78 is 0. The summed E-state index contributed by atoms with van der Waals surface area (Å²) >= 11 is 0. The van der Waals surface area contributed by atoms with Gasteiger partial charge in [-0.2, -0.15) is 0 Å². The van der Waals surface area contributed by atoms with Crippen LogP contribution in [-0.4, -0.2) is 16.2 Å². The molecule has 3 nitrogen and oxygen atoms in total. The number of phenols is 1. The van der Waals surface area contributed by atoms with Crippen LogP contribution in [0.1, 0.15) is 16.7 Å². The zero-order chi connectivity index (χ0) is 13.8. The summed E-state index contributed by atoms with van der Waals surface area (Å²) in [5.41, 5.74) is 2.71. The van der Waals surface area contributed by atoms with Gasteiger partial charge in [0.1, 0.15) is 5.75 Å². The van der Waals surface area contributed by atoms with Gasteiger partial charge in [-0.15, -0.1) is 0 Å². The third kappa shape index (κ3) is 3.22. The van der Waals surface area contributed by atoms with Crippen LogP contribution in [0.15, 0.2) is 48.5 Å². The van der Waals surface area contributed by atoms with Crippen molar-refractivity contribution in [1.82, 2.24) is 0 Å². The fraction of sp³-hybridized carbons (Fsp3) is 0.0625. The third-order valence-corrected chi connectivity index (χ3v) is 2.80. The second-order valence-electron chi connectivity index (χ2n) is 4.32. The molecule has 3 heteroatoms. The van der Waals surface area contributed by atoms with E-state index in [0.29, 0.717) is 5.56 Å². The highest BCUT2D eigenvalue weighted by Crippen LogP contribution is 2.21. The number of aryl methyl sites for hydroxylation is 1. The zero-order valence-corrected chi connectivity index (χ0v) is 10.5. The first-order valence-electron chi connectivity index (χ1n) is 5.87. The maximum atomic E-state index is 11.3. The quantitative estimate of drug-likeness (QED) is 0.652. The molecule has 2 aromatic carbocycles. The molecule has 2 N–H and O–H groups in total. The first kappa shape index (κ1) is 12.9. The number of rotatable bonds is 3. The molecule has 2 rings (SSSR count). The van der Waals surface area contributed by atoms with Crippen LogP contribution >= 0.6 is 0 Å². The highest BCUT2D eigenvalue weighted by Gasteiger charge is 2.10. The van der Waals surface area contributed by atoms with Crippen LogP contribution < -0.4 is 0 Å². The summed E-state index contributed by atoms with van der Waals surface area (Å²) in [6.07, 6.45) is 1.62. The Balaban J connectivity index is 2.43. The molecule has 0 aromatic heterocycles. The first-order valence-corrected chi connectivity index (χ1v) is 5.87. The average molecular weight is 254 g/mol. The number of hydrogen-bond donors (Lipinski definition) is 2. The minimum absolute atomic E-state index is 0.115. The molecule has 0 amide bonds. The van der Waals surface area contributed by atoms with E-state index < -0.39 is 5.97 Å². The number of aromatic hydroxyl groups is 1. The first-order chi connectivity index (χ1) is 9.06. The fourth-order valence-electron chi connectivity index (χ4n) is 1.74. The predicted molar refractivity (Wildman–Crippen MR) is 74.8 cm³/mol. The van der Waals surface area contributed by atoms with E-state index in [4.69, 9.17) is 0 Å². The van der Waals surface area contributed by atoms with Crippen molar-refractivity contribution in [3.8, 4) is 5.75 Å². The average Bonchev–Trinajstić information content (AvgIpc) is 2.39. The molecule has 0 spiro atoms. The number of hydrogen-bond acceptors (Lipinski definition) is 2. The predicted octanol–water partition coefficient (Wildman–Crippen LogP) is 3.33. The Hall–Kier alpha value is -2.55. The summed E-state index contributed by atoms with van der Waals surface area (Å²) in [6, 6.07) is 13.7. The molecule has 0 saturated heterocycles.